The normalized spacial score (nSPS) is 18.6. The predicted molar refractivity (Wildman–Crippen MR) is 109 cm³/mol. The van der Waals surface area contributed by atoms with Crippen molar-refractivity contribution in [2.45, 2.75) is 34.8 Å². The molecule has 0 spiro atoms. The first-order valence-corrected chi connectivity index (χ1v) is 11.4. The van der Waals surface area contributed by atoms with Crippen molar-refractivity contribution in [1.82, 2.24) is 0 Å². The van der Waals surface area contributed by atoms with Crippen LogP contribution in [0.2, 0.25) is 0 Å². The minimum absolute atomic E-state index is 0.120. The van der Waals surface area contributed by atoms with Crippen LogP contribution in [0.25, 0.3) is 0 Å². The van der Waals surface area contributed by atoms with Crippen LogP contribution >= 0.6 is 22.4 Å². The molecule has 2 aromatic carbocycles. The molecule has 27 heavy (non-hydrogen) atoms. The standard InChI is InChI=1S/C20H24O5S2/c1-3-25-18(21)12-10-14-9-11-17-19(20(14)24-2)16(13-27(17,22)23)26-15-7-5-4-6-8-15/h4-9,11,16,22-23H,3,10,12-13H2,1-2H3. The number of carbonyl (C=O) groups is 1. The van der Waals surface area contributed by atoms with Crippen molar-refractivity contribution in [2.24, 2.45) is 0 Å². The van der Waals surface area contributed by atoms with E-state index in [0.29, 0.717) is 23.7 Å². The van der Waals surface area contributed by atoms with Crippen molar-refractivity contribution in [3.05, 3.63) is 53.6 Å². The number of methoxy groups -OCH3 is 1. The third-order valence-electron chi connectivity index (χ3n) is 4.43. The van der Waals surface area contributed by atoms with Gasteiger partial charge in [0.15, 0.2) is 0 Å². The SMILES string of the molecule is CCOC(=O)CCc1ccc2c(c1OC)C(Sc1ccccc1)CS2(O)O. The zero-order chi connectivity index (χ0) is 19.4. The summed E-state index contributed by atoms with van der Waals surface area (Å²) in [6, 6.07) is 13.5. The summed E-state index contributed by atoms with van der Waals surface area (Å²) in [7, 11) is -1.28. The molecule has 1 heterocycles. The molecule has 2 N–H and O–H groups in total. The number of carbonyl (C=O) groups excluding carboxylic acids is 1. The molecule has 5 nitrogen and oxygen atoms in total. The molecule has 2 aromatic rings. The van der Waals surface area contributed by atoms with Crippen LogP contribution in [0.5, 0.6) is 5.75 Å². The molecule has 1 aliphatic heterocycles. The molecule has 0 saturated carbocycles. The average Bonchev–Trinajstić information content (AvgIpc) is 2.91. The van der Waals surface area contributed by atoms with Crippen LogP contribution in [-0.2, 0) is 16.0 Å². The molecule has 7 heteroatoms. The Morgan fingerprint density at radius 3 is 2.63 bits per heavy atom. The first-order chi connectivity index (χ1) is 13.0. The lowest BCUT2D eigenvalue weighted by Gasteiger charge is -2.27. The van der Waals surface area contributed by atoms with Gasteiger partial charge in [-0.15, -0.1) is 11.8 Å². The first-order valence-electron chi connectivity index (χ1n) is 8.79. The summed E-state index contributed by atoms with van der Waals surface area (Å²) in [6.45, 7) is 2.14. The highest BCUT2D eigenvalue weighted by atomic mass is 32.3. The van der Waals surface area contributed by atoms with E-state index < -0.39 is 10.6 Å². The van der Waals surface area contributed by atoms with Gasteiger partial charge in [-0.25, -0.2) is 0 Å². The summed E-state index contributed by atoms with van der Waals surface area (Å²) in [5.41, 5.74) is 1.70. The quantitative estimate of drug-likeness (QED) is 0.617. The Morgan fingerprint density at radius 1 is 1.22 bits per heavy atom. The lowest BCUT2D eigenvalue weighted by molar-refractivity contribution is -0.143. The van der Waals surface area contributed by atoms with Gasteiger partial charge in [-0.2, -0.15) is 10.6 Å². The number of esters is 1. The second-order valence-corrected chi connectivity index (χ2v) is 9.61. The lowest BCUT2D eigenvalue weighted by Crippen LogP contribution is -2.07. The van der Waals surface area contributed by atoms with Gasteiger partial charge >= 0.3 is 5.97 Å². The third-order valence-corrected chi connectivity index (χ3v) is 7.73. The van der Waals surface area contributed by atoms with Gasteiger partial charge < -0.3 is 9.47 Å². The maximum atomic E-state index is 11.7. The van der Waals surface area contributed by atoms with Crippen molar-refractivity contribution in [3.63, 3.8) is 0 Å². The lowest BCUT2D eigenvalue weighted by atomic mass is 10.0. The largest absolute Gasteiger partial charge is 0.496 e. The molecule has 3 rings (SSSR count). The third kappa shape index (κ3) is 4.43. The number of hydrogen-bond donors (Lipinski definition) is 2. The molecule has 146 valence electrons. The topological polar surface area (TPSA) is 76.0 Å². The maximum Gasteiger partial charge on any atom is 0.306 e. The van der Waals surface area contributed by atoms with E-state index in [1.807, 2.05) is 36.4 Å². The van der Waals surface area contributed by atoms with Gasteiger partial charge in [0.25, 0.3) is 0 Å². The predicted octanol–water partition coefficient (Wildman–Crippen LogP) is 5.15. The van der Waals surface area contributed by atoms with Crippen molar-refractivity contribution < 1.29 is 23.4 Å². The van der Waals surface area contributed by atoms with Crippen molar-refractivity contribution in [1.29, 1.82) is 0 Å². The second-order valence-electron chi connectivity index (χ2n) is 6.23. The van der Waals surface area contributed by atoms with E-state index in [2.05, 4.69) is 0 Å². The maximum absolute atomic E-state index is 11.7. The second kappa shape index (κ2) is 8.56. The summed E-state index contributed by atoms with van der Waals surface area (Å²) < 4.78 is 31.9. The molecule has 1 atom stereocenters. The van der Waals surface area contributed by atoms with Gasteiger partial charge in [-0.1, -0.05) is 24.3 Å². The van der Waals surface area contributed by atoms with Gasteiger partial charge in [0.05, 0.1) is 29.6 Å². The van der Waals surface area contributed by atoms with Crippen molar-refractivity contribution in [3.8, 4) is 5.75 Å². The number of benzene rings is 2. The van der Waals surface area contributed by atoms with Crippen LogP contribution in [-0.4, -0.2) is 34.5 Å². The van der Waals surface area contributed by atoms with Crippen LogP contribution in [0.15, 0.2) is 52.3 Å². The molecule has 1 aliphatic rings. The van der Waals surface area contributed by atoms with E-state index in [0.717, 1.165) is 16.0 Å². The van der Waals surface area contributed by atoms with Crippen LogP contribution < -0.4 is 4.74 Å². The Hall–Kier alpha value is -1.67. The summed E-state index contributed by atoms with van der Waals surface area (Å²) in [5, 5.41) is -0.120. The highest BCUT2D eigenvalue weighted by Crippen LogP contribution is 2.65. The number of ether oxygens (including phenoxy) is 2. The van der Waals surface area contributed by atoms with E-state index in [1.165, 1.54) is 0 Å². The Labute approximate surface area is 165 Å². The summed E-state index contributed by atoms with van der Waals surface area (Å²) >= 11 is 1.60. The molecule has 0 bridgehead atoms. The Bertz CT molecular complexity index is 808. The van der Waals surface area contributed by atoms with Gasteiger partial charge in [0, 0.05) is 16.9 Å². The average molecular weight is 409 g/mol. The molecular weight excluding hydrogens is 384 g/mol. The van der Waals surface area contributed by atoms with Crippen LogP contribution in [0, 0.1) is 0 Å². The van der Waals surface area contributed by atoms with E-state index in [9.17, 15) is 13.9 Å². The molecule has 0 fully saturated rings. The number of aryl methyl sites for hydroxylation is 1. The van der Waals surface area contributed by atoms with Crippen LogP contribution in [0.4, 0.5) is 0 Å². The van der Waals surface area contributed by atoms with E-state index in [1.54, 1.807) is 31.9 Å². The minimum Gasteiger partial charge on any atom is -0.496 e. The fourth-order valence-electron chi connectivity index (χ4n) is 3.26. The molecule has 0 radical (unpaired) electrons. The molecular formula is C20H24O5S2. The van der Waals surface area contributed by atoms with Crippen molar-refractivity contribution >= 4 is 28.3 Å². The van der Waals surface area contributed by atoms with Crippen LogP contribution in [0.1, 0.15) is 29.7 Å². The summed E-state index contributed by atoms with van der Waals surface area (Å²) in [6.07, 6.45) is 0.743. The zero-order valence-electron chi connectivity index (χ0n) is 15.4. The molecule has 0 amide bonds. The van der Waals surface area contributed by atoms with Gasteiger partial charge in [-0.05, 0) is 37.1 Å². The van der Waals surface area contributed by atoms with Gasteiger partial charge in [0.2, 0.25) is 0 Å². The van der Waals surface area contributed by atoms with E-state index >= 15 is 0 Å². The summed E-state index contributed by atoms with van der Waals surface area (Å²) in [5.74, 6) is 0.654. The van der Waals surface area contributed by atoms with Crippen LogP contribution in [0.3, 0.4) is 0 Å². The first kappa shape index (κ1) is 20.1. The number of hydrogen-bond acceptors (Lipinski definition) is 6. The molecule has 0 saturated heterocycles. The number of rotatable bonds is 7. The summed E-state index contributed by atoms with van der Waals surface area (Å²) in [4.78, 5) is 13.3. The smallest absolute Gasteiger partial charge is 0.306 e. The fourth-order valence-corrected chi connectivity index (χ4v) is 6.82. The highest BCUT2D eigenvalue weighted by molar-refractivity contribution is 8.25. The molecule has 1 unspecified atom stereocenters. The number of fused-ring (bicyclic) bond motifs is 1. The Balaban J connectivity index is 1.93. The fraction of sp³-hybridized carbons (Fsp3) is 0.350. The van der Waals surface area contributed by atoms with E-state index in [4.69, 9.17) is 9.47 Å². The molecule has 0 aromatic heterocycles. The highest BCUT2D eigenvalue weighted by Gasteiger charge is 2.39. The van der Waals surface area contributed by atoms with Crippen molar-refractivity contribution in [2.75, 3.05) is 19.5 Å². The minimum atomic E-state index is -2.86. The monoisotopic (exact) mass is 408 g/mol. The number of thioether (sulfide) groups is 1. The van der Waals surface area contributed by atoms with E-state index in [-0.39, 0.29) is 23.4 Å². The Kier molecular flexibility index (Phi) is 6.37. The van der Waals surface area contributed by atoms with Gasteiger partial charge in [-0.3, -0.25) is 13.9 Å². The molecule has 0 aliphatic carbocycles. The van der Waals surface area contributed by atoms with Gasteiger partial charge in [0.1, 0.15) is 5.75 Å². The Morgan fingerprint density at radius 2 is 1.96 bits per heavy atom. The zero-order valence-corrected chi connectivity index (χ0v) is 17.0.